The summed E-state index contributed by atoms with van der Waals surface area (Å²) >= 11 is 3.71. The molecule has 0 unspecified atom stereocenters. The first-order valence-electron chi connectivity index (χ1n) is 18.0. The number of halogens is 1. The number of ether oxygens (including phenoxy) is 6. The van der Waals surface area contributed by atoms with Crippen molar-refractivity contribution < 1.29 is 28.4 Å². The lowest BCUT2D eigenvalue weighted by Gasteiger charge is -2.47. The van der Waals surface area contributed by atoms with E-state index in [2.05, 4.69) is 87.8 Å². The Labute approximate surface area is 306 Å². The Morgan fingerprint density at radius 3 is 2.31 bits per heavy atom. The fourth-order valence-corrected chi connectivity index (χ4v) is 7.83. The van der Waals surface area contributed by atoms with E-state index < -0.39 is 5.79 Å². The van der Waals surface area contributed by atoms with Gasteiger partial charge < -0.3 is 28.4 Å². The smallest absolute Gasteiger partial charge is 0.163 e. The predicted molar refractivity (Wildman–Crippen MR) is 206 cm³/mol. The molecular weight excluding hydrogens is 680 g/mol. The van der Waals surface area contributed by atoms with Crippen LogP contribution in [-0.4, -0.2) is 45.9 Å². The van der Waals surface area contributed by atoms with Crippen molar-refractivity contribution in [2.24, 2.45) is 29.6 Å². The highest BCUT2D eigenvalue weighted by atomic mass is 79.9. The van der Waals surface area contributed by atoms with Crippen molar-refractivity contribution in [2.45, 2.75) is 113 Å². The average molecular weight is 744 g/mol. The number of methoxy groups -OCH3 is 3. The van der Waals surface area contributed by atoms with E-state index in [9.17, 15) is 0 Å². The minimum atomic E-state index is -0.616. The molecular formula is C42H63BrO6. The van der Waals surface area contributed by atoms with Gasteiger partial charge in [0.1, 0.15) is 17.2 Å². The second kappa shape index (κ2) is 19.3. The Balaban J connectivity index is 1.49. The third-order valence-electron chi connectivity index (χ3n) is 9.73. The van der Waals surface area contributed by atoms with Gasteiger partial charge in [-0.25, -0.2) is 0 Å². The van der Waals surface area contributed by atoms with E-state index in [1.165, 1.54) is 5.57 Å². The fraction of sp³-hybridized carbons (Fsp3) is 0.619. The molecule has 0 saturated carbocycles. The lowest BCUT2D eigenvalue weighted by Crippen LogP contribution is -2.52. The molecule has 0 amide bonds. The molecule has 2 aromatic rings. The van der Waals surface area contributed by atoms with Crippen molar-refractivity contribution in [3.63, 3.8) is 0 Å². The van der Waals surface area contributed by atoms with Gasteiger partial charge >= 0.3 is 0 Å². The maximum atomic E-state index is 6.50. The number of hydrogen-bond acceptors (Lipinski definition) is 6. The van der Waals surface area contributed by atoms with E-state index >= 15 is 0 Å². The van der Waals surface area contributed by atoms with Crippen molar-refractivity contribution in [3.8, 4) is 17.2 Å². The molecule has 0 spiro atoms. The average Bonchev–Trinajstić information content (AvgIpc) is 3.04. The quantitative estimate of drug-likeness (QED) is 0.142. The van der Waals surface area contributed by atoms with Crippen LogP contribution < -0.4 is 14.2 Å². The van der Waals surface area contributed by atoms with Gasteiger partial charge in [0.05, 0.1) is 46.8 Å². The topological polar surface area (TPSA) is 55.4 Å². The number of rotatable bonds is 18. The zero-order chi connectivity index (χ0) is 36.3. The summed E-state index contributed by atoms with van der Waals surface area (Å²) in [5, 5.41) is 0. The van der Waals surface area contributed by atoms with Gasteiger partial charge in [-0.2, -0.15) is 0 Å². The molecule has 0 aliphatic carbocycles. The van der Waals surface area contributed by atoms with Gasteiger partial charge in [-0.3, -0.25) is 0 Å². The molecule has 0 radical (unpaired) electrons. The zero-order valence-electron chi connectivity index (χ0n) is 32.2. The predicted octanol–water partition coefficient (Wildman–Crippen LogP) is 11.2. The van der Waals surface area contributed by atoms with Gasteiger partial charge in [0.2, 0.25) is 0 Å². The first-order valence-corrected chi connectivity index (χ1v) is 18.8. The summed E-state index contributed by atoms with van der Waals surface area (Å²) in [6.45, 7) is 21.1. The minimum absolute atomic E-state index is 0.0741. The summed E-state index contributed by atoms with van der Waals surface area (Å²) in [5.41, 5.74) is 4.66. The van der Waals surface area contributed by atoms with Crippen LogP contribution in [0, 0.1) is 36.5 Å². The highest BCUT2D eigenvalue weighted by Crippen LogP contribution is 2.39. The van der Waals surface area contributed by atoms with Crippen LogP contribution in [0.5, 0.6) is 17.2 Å². The molecule has 49 heavy (non-hydrogen) atoms. The lowest BCUT2D eigenvalue weighted by atomic mass is 9.84. The molecule has 1 fully saturated rings. The summed E-state index contributed by atoms with van der Waals surface area (Å²) in [4.78, 5) is 0. The Hall–Kier alpha value is -2.32. The molecule has 0 N–H and O–H groups in total. The second-order valence-electron chi connectivity index (χ2n) is 14.9. The third-order valence-corrected chi connectivity index (χ3v) is 10.4. The maximum absolute atomic E-state index is 6.50. The van der Waals surface area contributed by atoms with Crippen LogP contribution in [0.1, 0.15) is 97.8 Å². The largest absolute Gasteiger partial charge is 0.497 e. The van der Waals surface area contributed by atoms with Crippen molar-refractivity contribution in [1.29, 1.82) is 0 Å². The summed E-state index contributed by atoms with van der Waals surface area (Å²) in [5.74, 6) is 3.95. The molecule has 1 heterocycles. The van der Waals surface area contributed by atoms with E-state index in [0.717, 1.165) is 64.1 Å². The lowest BCUT2D eigenvalue weighted by molar-refractivity contribution is -0.329. The van der Waals surface area contributed by atoms with E-state index in [1.807, 2.05) is 39.0 Å². The highest BCUT2D eigenvalue weighted by molar-refractivity contribution is 9.10. The minimum Gasteiger partial charge on any atom is -0.497 e. The Bertz CT molecular complexity index is 1370. The summed E-state index contributed by atoms with van der Waals surface area (Å²) in [7, 11) is 5.08. The van der Waals surface area contributed by atoms with Gasteiger partial charge in [0.15, 0.2) is 5.79 Å². The van der Waals surface area contributed by atoms with Gasteiger partial charge in [-0.15, -0.1) is 0 Å². The van der Waals surface area contributed by atoms with Crippen LogP contribution in [0.3, 0.4) is 0 Å². The summed E-state index contributed by atoms with van der Waals surface area (Å²) < 4.78 is 36.6. The standard InChI is InChI=1S/C42H63BrO6/c1-27(13-19-36-37(43)24-39(45-11)33(7)41(36)46-12)21-29(3)23-30(4)22-28(2)14-20-38-32(6)40(49-42(8,9)48-38)31(5)25-47-26-34-15-17-35(44-10)18-16-34/h13,15-19,22,24,27-29,31-32,38,40H,14,20-21,23,25-26H2,1-12H3/b19-13+,30-22+/t27-,28+,29+,31+,32+,38-,40-/m1/s1. The van der Waals surface area contributed by atoms with E-state index in [0.29, 0.717) is 31.0 Å². The van der Waals surface area contributed by atoms with E-state index in [4.69, 9.17) is 28.4 Å². The van der Waals surface area contributed by atoms with Crippen LogP contribution in [0.25, 0.3) is 6.08 Å². The zero-order valence-corrected chi connectivity index (χ0v) is 33.8. The van der Waals surface area contributed by atoms with Crippen LogP contribution in [0.4, 0.5) is 0 Å². The molecule has 0 aromatic heterocycles. The molecule has 1 aliphatic heterocycles. The van der Waals surface area contributed by atoms with Crippen molar-refractivity contribution >= 4 is 22.0 Å². The summed E-state index contributed by atoms with van der Waals surface area (Å²) in [6.07, 6.45) is 11.5. The van der Waals surface area contributed by atoms with E-state index in [-0.39, 0.29) is 24.0 Å². The van der Waals surface area contributed by atoms with E-state index in [1.54, 1.807) is 21.3 Å². The van der Waals surface area contributed by atoms with Crippen LogP contribution in [0.2, 0.25) is 0 Å². The maximum Gasteiger partial charge on any atom is 0.163 e. The Morgan fingerprint density at radius 2 is 1.67 bits per heavy atom. The molecule has 3 rings (SSSR count). The highest BCUT2D eigenvalue weighted by Gasteiger charge is 2.42. The molecule has 2 aromatic carbocycles. The second-order valence-corrected chi connectivity index (χ2v) is 15.8. The third kappa shape index (κ3) is 12.4. The molecule has 7 atom stereocenters. The van der Waals surface area contributed by atoms with Gasteiger partial charge in [0.25, 0.3) is 0 Å². The van der Waals surface area contributed by atoms with Gasteiger partial charge in [-0.1, -0.05) is 70.6 Å². The monoisotopic (exact) mass is 742 g/mol. The summed E-state index contributed by atoms with van der Waals surface area (Å²) in [6, 6.07) is 10.1. The number of benzene rings is 2. The first-order chi connectivity index (χ1) is 23.2. The molecule has 1 saturated heterocycles. The normalized spacial score (nSPS) is 22.1. The molecule has 7 heteroatoms. The SMILES string of the molecule is COc1ccc(COC[C@H](C)[C@H]2OC(C)(C)O[C@H](CC[C@H](C)/C=C(\C)C[C@@H](C)C[C@H](C)/C=C/c3c(Br)cc(OC)c(C)c3OC)[C@@H]2C)cc1. The Kier molecular flexibility index (Phi) is 16.2. The Morgan fingerprint density at radius 1 is 0.980 bits per heavy atom. The van der Waals surface area contributed by atoms with Gasteiger partial charge in [-0.05, 0) is 111 Å². The van der Waals surface area contributed by atoms with Crippen LogP contribution in [-0.2, 0) is 20.8 Å². The van der Waals surface area contributed by atoms with Crippen molar-refractivity contribution in [3.05, 3.63) is 69.2 Å². The first kappa shape index (κ1) is 41.1. The van der Waals surface area contributed by atoms with Crippen LogP contribution in [0.15, 0.2) is 52.5 Å². The molecule has 274 valence electrons. The van der Waals surface area contributed by atoms with Crippen LogP contribution >= 0.6 is 15.9 Å². The van der Waals surface area contributed by atoms with Crippen molar-refractivity contribution in [1.82, 2.24) is 0 Å². The molecule has 6 nitrogen and oxygen atoms in total. The van der Waals surface area contributed by atoms with Crippen molar-refractivity contribution in [2.75, 3.05) is 27.9 Å². The number of hydrogen-bond donors (Lipinski definition) is 0. The fourth-order valence-electron chi connectivity index (χ4n) is 7.31. The number of allylic oxidation sites excluding steroid dienone is 3. The molecule has 1 aliphatic rings. The van der Waals surface area contributed by atoms with Gasteiger partial charge in [0, 0.05) is 27.4 Å². The molecule has 0 bridgehead atoms.